The summed E-state index contributed by atoms with van der Waals surface area (Å²) in [5.74, 6) is 1.26. The van der Waals surface area contributed by atoms with Gasteiger partial charge < -0.3 is 29.6 Å². The van der Waals surface area contributed by atoms with Crippen LogP contribution in [0.15, 0.2) is 22.7 Å². The Bertz CT molecular complexity index is 954. The number of rotatable bonds is 5. The first-order chi connectivity index (χ1) is 15.3. The molecule has 1 unspecified atom stereocenters. The molecule has 0 bridgehead atoms. The van der Waals surface area contributed by atoms with E-state index in [9.17, 15) is 4.79 Å². The Morgan fingerprint density at radius 3 is 2.72 bits per heavy atom. The minimum atomic E-state index is -0.498. The highest BCUT2D eigenvalue weighted by Crippen LogP contribution is 2.30. The molecule has 2 saturated heterocycles. The lowest BCUT2D eigenvalue weighted by Crippen LogP contribution is -2.41. The maximum Gasteiger partial charge on any atom is 0.410 e. The molecule has 2 N–H and O–H groups in total. The van der Waals surface area contributed by atoms with E-state index in [1.54, 1.807) is 4.90 Å². The molecule has 1 aromatic carbocycles. The Hall–Kier alpha value is -2.94. The fourth-order valence-electron chi connectivity index (χ4n) is 3.97. The fraction of sp³-hybridized carbons (Fsp3) is 0.565. The number of ether oxygens (including phenoxy) is 2. The monoisotopic (exact) mass is 441 g/mol. The summed E-state index contributed by atoms with van der Waals surface area (Å²) in [6.45, 7) is 8.23. The van der Waals surface area contributed by atoms with Gasteiger partial charge in [0.2, 0.25) is 0 Å². The minimum absolute atomic E-state index is 0.139. The maximum absolute atomic E-state index is 12.3. The summed E-state index contributed by atoms with van der Waals surface area (Å²) < 4.78 is 16.5. The predicted octanol–water partition coefficient (Wildman–Crippen LogP) is 4.05. The van der Waals surface area contributed by atoms with Crippen molar-refractivity contribution in [3.63, 3.8) is 0 Å². The largest absolute Gasteiger partial charge is 0.444 e. The summed E-state index contributed by atoms with van der Waals surface area (Å²) in [7, 11) is 0. The van der Waals surface area contributed by atoms with Crippen molar-refractivity contribution < 1.29 is 18.8 Å². The molecule has 0 radical (unpaired) electrons. The number of hydrogen-bond acceptors (Lipinski definition) is 8. The van der Waals surface area contributed by atoms with Crippen LogP contribution in [-0.4, -0.2) is 65.3 Å². The second-order valence-electron chi connectivity index (χ2n) is 9.35. The average Bonchev–Trinajstić information content (AvgIpc) is 3.45. The highest BCUT2D eigenvalue weighted by molar-refractivity contribution is 5.87. The van der Waals surface area contributed by atoms with Crippen molar-refractivity contribution in [1.82, 2.24) is 15.0 Å². The van der Waals surface area contributed by atoms with Crippen molar-refractivity contribution in [3.05, 3.63) is 29.6 Å². The molecule has 172 valence electrons. The molecule has 0 saturated carbocycles. The number of anilines is 1. The van der Waals surface area contributed by atoms with Crippen LogP contribution < -0.4 is 5.32 Å². The van der Waals surface area contributed by atoms with Gasteiger partial charge in [0, 0.05) is 48.6 Å². The molecule has 2 aliphatic heterocycles. The highest BCUT2D eigenvalue weighted by Gasteiger charge is 2.30. The van der Waals surface area contributed by atoms with E-state index >= 15 is 0 Å². The fourth-order valence-corrected chi connectivity index (χ4v) is 3.97. The molecular formula is C23H31N5O4. The van der Waals surface area contributed by atoms with E-state index in [4.69, 9.17) is 19.4 Å². The number of aromatic nitrogens is 2. The van der Waals surface area contributed by atoms with Gasteiger partial charge in [0.05, 0.1) is 12.6 Å². The number of nitrogens with zero attached hydrogens (tertiary/aromatic N) is 3. The number of amides is 1. The third-order valence-electron chi connectivity index (χ3n) is 5.70. The van der Waals surface area contributed by atoms with Crippen LogP contribution in [0.3, 0.4) is 0 Å². The number of piperidine rings is 1. The van der Waals surface area contributed by atoms with E-state index in [1.807, 2.05) is 39.0 Å². The van der Waals surface area contributed by atoms with Crippen LogP contribution in [0.5, 0.6) is 0 Å². The number of nitrogens with one attached hydrogen (secondary N) is 2. The minimum Gasteiger partial charge on any atom is -0.444 e. The summed E-state index contributed by atoms with van der Waals surface area (Å²) in [6, 6.07) is 5.95. The van der Waals surface area contributed by atoms with Crippen LogP contribution in [0.1, 0.15) is 57.3 Å². The summed E-state index contributed by atoms with van der Waals surface area (Å²) >= 11 is 0. The lowest BCUT2D eigenvalue weighted by Gasteiger charge is -2.32. The molecule has 9 nitrogen and oxygen atoms in total. The van der Waals surface area contributed by atoms with Crippen molar-refractivity contribution in [2.75, 3.05) is 31.6 Å². The smallest absolute Gasteiger partial charge is 0.410 e. The van der Waals surface area contributed by atoms with E-state index in [-0.39, 0.29) is 18.1 Å². The average molecular weight is 442 g/mol. The van der Waals surface area contributed by atoms with Gasteiger partial charge in [0.25, 0.3) is 5.89 Å². The van der Waals surface area contributed by atoms with E-state index in [2.05, 4.69) is 15.5 Å². The van der Waals surface area contributed by atoms with E-state index in [0.717, 1.165) is 42.7 Å². The first-order valence-corrected chi connectivity index (χ1v) is 11.1. The molecule has 3 heterocycles. The van der Waals surface area contributed by atoms with Crippen LogP contribution in [0.4, 0.5) is 10.5 Å². The van der Waals surface area contributed by atoms with Gasteiger partial charge in [-0.25, -0.2) is 4.79 Å². The first kappa shape index (κ1) is 22.3. The number of benzene rings is 1. The lowest BCUT2D eigenvalue weighted by molar-refractivity contribution is 0.0203. The molecular weight excluding hydrogens is 410 g/mol. The highest BCUT2D eigenvalue weighted by atomic mass is 16.6. The topological polar surface area (TPSA) is 114 Å². The van der Waals surface area contributed by atoms with Gasteiger partial charge in [-0.2, -0.15) is 4.98 Å². The molecule has 32 heavy (non-hydrogen) atoms. The van der Waals surface area contributed by atoms with Gasteiger partial charge in [-0.15, -0.1) is 0 Å². The Kier molecular flexibility index (Phi) is 6.45. The number of hydrogen-bond donors (Lipinski definition) is 2. The first-order valence-electron chi connectivity index (χ1n) is 11.1. The van der Waals surface area contributed by atoms with Gasteiger partial charge in [0.1, 0.15) is 5.60 Å². The van der Waals surface area contributed by atoms with E-state index in [0.29, 0.717) is 31.4 Å². The van der Waals surface area contributed by atoms with Crippen molar-refractivity contribution in [2.24, 2.45) is 0 Å². The lowest BCUT2D eigenvalue weighted by atomic mass is 9.96. The van der Waals surface area contributed by atoms with Gasteiger partial charge in [-0.3, -0.25) is 0 Å². The zero-order valence-corrected chi connectivity index (χ0v) is 18.9. The molecule has 9 heteroatoms. The Morgan fingerprint density at radius 1 is 1.28 bits per heavy atom. The number of carbonyl (C=O) groups excluding carboxylic acids is 1. The number of carbonyl (C=O) groups is 1. The molecule has 4 rings (SSSR count). The molecule has 2 aromatic rings. The normalized spacial score (nSPS) is 19.7. The number of likely N-dealkylation sites (tertiary alicyclic amines) is 1. The van der Waals surface area contributed by atoms with Crippen LogP contribution in [0.25, 0.3) is 11.5 Å². The van der Waals surface area contributed by atoms with Crippen molar-refractivity contribution in [2.45, 2.75) is 57.6 Å². The SMILES string of the molecule is CC(C)(C)OC(=O)N1CCC(c2noc(-c3ccc(C=N)c(NC4CCOC4)c3)n2)CC1. The zero-order valence-electron chi connectivity index (χ0n) is 18.9. The molecule has 1 aromatic heterocycles. The van der Waals surface area contributed by atoms with Gasteiger partial charge in [0.15, 0.2) is 5.82 Å². The summed E-state index contributed by atoms with van der Waals surface area (Å²) in [5.41, 5.74) is 1.97. The third-order valence-corrected chi connectivity index (χ3v) is 5.70. The van der Waals surface area contributed by atoms with Crippen LogP contribution >= 0.6 is 0 Å². The summed E-state index contributed by atoms with van der Waals surface area (Å²) in [6.07, 6.45) is 3.52. The van der Waals surface area contributed by atoms with Crippen molar-refractivity contribution in [3.8, 4) is 11.5 Å². The second kappa shape index (κ2) is 9.28. The third kappa shape index (κ3) is 5.27. The molecule has 2 aliphatic rings. The molecule has 0 spiro atoms. The zero-order chi connectivity index (χ0) is 22.7. The molecule has 0 aliphatic carbocycles. The second-order valence-corrected chi connectivity index (χ2v) is 9.35. The van der Waals surface area contributed by atoms with Crippen LogP contribution in [-0.2, 0) is 9.47 Å². The maximum atomic E-state index is 12.3. The molecule has 1 amide bonds. The van der Waals surface area contributed by atoms with Gasteiger partial charge in [-0.1, -0.05) is 11.2 Å². The quantitative estimate of drug-likeness (QED) is 0.673. The van der Waals surface area contributed by atoms with Crippen molar-refractivity contribution in [1.29, 1.82) is 5.41 Å². The van der Waals surface area contributed by atoms with E-state index in [1.165, 1.54) is 6.21 Å². The van der Waals surface area contributed by atoms with E-state index < -0.39 is 5.60 Å². The van der Waals surface area contributed by atoms with Gasteiger partial charge >= 0.3 is 6.09 Å². The Balaban J connectivity index is 1.42. The standard InChI is InChI=1S/C23H31N5O4/c1-23(2,3)31-22(29)28-9-6-15(7-10-28)20-26-21(32-27-20)16-4-5-17(13-24)19(12-16)25-18-8-11-30-14-18/h4-5,12-13,15,18,24-25H,6-11,14H2,1-3H3. The molecule has 1 atom stereocenters. The summed E-state index contributed by atoms with van der Waals surface area (Å²) in [4.78, 5) is 18.7. The Morgan fingerprint density at radius 2 is 2.06 bits per heavy atom. The molecule has 2 fully saturated rings. The van der Waals surface area contributed by atoms with Gasteiger partial charge in [-0.05, 0) is 52.2 Å². The van der Waals surface area contributed by atoms with Crippen LogP contribution in [0.2, 0.25) is 0 Å². The summed E-state index contributed by atoms with van der Waals surface area (Å²) in [5, 5.41) is 15.4. The predicted molar refractivity (Wildman–Crippen MR) is 120 cm³/mol. The Labute approximate surface area is 188 Å². The van der Waals surface area contributed by atoms with Crippen LogP contribution in [0, 0.1) is 5.41 Å². The van der Waals surface area contributed by atoms with Crippen molar-refractivity contribution >= 4 is 18.0 Å².